The number of amidine groups is 1. The predicted molar refractivity (Wildman–Crippen MR) is 53.1 cm³/mol. The fourth-order valence-corrected chi connectivity index (χ4v) is 0.984. The minimum atomic E-state index is -1.24. The summed E-state index contributed by atoms with van der Waals surface area (Å²) in [5.41, 5.74) is 4.79. The third-order valence-corrected chi connectivity index (χ3v) is 1.86. The molecule has 0 aromatic heterocycles. The van der Waals surface area contributed by atoms with Gasteiger partial charge in [0.1, 0.15) is 17.5 Å². The molecule has 0 amide bonds. The molecule has 0 aliphatic rings. The molecule has 0 aliphatic carbocycles. The first-order valence-corrected chi connectivity index (χ1v) is 4.40. The molecule has 0 atom stereocenters. The van der Waals surface area contributed by atoms with Crippen LogP contribution in [0.4, 0.5) is 14.5 Å². The van der Waals surface area contributed by atoms with Crippen molar-refractivity contribution in [3.05, 3.63) is 29.3 Å². The number of nitrogens with zero attached hydrogens (tertiary/aromatic N) is 2. The molecule has 0 unspecified atom stereocenters. The molecule has 78 valence electrons. The summed E-state index contributed by atoms with van der Waals surface area (Å²) in [6.07, 6.45) is 0. The third kappa shape index (κ3) is 2.42. The van der Waals surface area contributed by atoms with Gasteiger partial charge in [0.15, 0.2) is 11.6 Å². The van der Waals surface area contributed by atoms with Crippen molar-refractivity contribution in [2.45, 2.75) is 0 Å². The minimum Gasteiger partial charge on any atom is -0.386 e. The van der Waals surface area contributed by atoms with Gasteiger partial charge in [-0.2, -0.15) is 5.26 Å². The first kappa shape index (κ1) is 11.4. The Labute approximate surface area is 89.8 Å². The second-order valence-corrected chi connectivity index (χ2v) is 2.87. The molecule has 3 nitrogen and oxygen atoms in total. The molecule has 1 rings (SSSR count). The molecule has 0 saturated carbocycles. The standard InChI is InChI=1S/C9H6ClF2N3/c10-3-8(14)15-7-2-1-6(11)9(12)5(7)4-13/h1-2H,3H2,(H2,14,15). The number of rotatable bonds is 2. The van der Waals surface area contributed by atoms with Crippen LogP contribution in [0.3, 0.4) is 0 Å². The van der Waals surface area contributed by atoms with Crippen LogP contribution < -0.4 is 5.73 Å². The van der Waals surface area contributed by atoms with Crippen molar-refractivity contribution in [2.75, 3.05) is 5.88 Å². The van der Waals surface area contributed by atoms with Gasteiger partial charge in [0.05, 0.1) is 11.6 Å². The Kier molecular flexibility index (Phi) is 3.58. The van der Waals surface area contributed by atoms with E-state index in [-0.39, 0.29) is 17.4 Å². The Morgan fingerprint density at radius 3 is 2.73 bits per heavy atom. The molecule has 0 aliphatic heterocycles. The topological polar surface area (TPSA) is 62.2 Å². The summed E-state index contributed by atoms with van der Waals surface area (Å²) in [6.45, 7) is 0. The summed E-state index contributed by atoms with van der Waals surface area (Å²) >= 11 is 5.36. The van der Waals surface area contributed by atoms with E-state index in [2.05, 4.69) is 4.99 Å². The van der Waals surface area contributed by atoms with Crippen LogP contribution >= 0.6 is 11.6 Å². The van der Waals surface area contributed by atoms with E-state index < -0.39 is 17.2 Å². The fourth-order valence-electron chi connectivity index (χ4n) is 0.925. The van der Waals surface area contributed by atoms with E-state index in [1.807, 2.05) is 0 Å². The van der Waals surface area contributed by atoms with Gasteiger partial charge in [-0.1, -0.05) is 0 Å². The van der Waals surface area contributed by atoms with Gasteiger partial charge >= 0.3 is 0 Å². The third-order valence-electron chi connectivity index (χ3n) is 1.59. The van der Waals surface area contributed by atoms with E-state index in [1.165, 1.54) is 6.07 Å². The first-order valence-electron chi connectivity index (χ1n) is 3.87. The van der Waals surface area contributed by atoms with E-state index in [1.54, 1.807) is 0 Å². The van der Waals surface area contributed by atoms with E-state index in [9.17, 15) is 8.78 Å². The number of alkyl halides is 1. The van der Waals surface area contributed by atoms with Crippen molar-refractivity contribution in [3.8, 4) is 6.07 Å². The Balaban J connectivity index is 3.33. The van der Waals surface area contributed by atoms with Gasteiger partial charge in [0, 0.05) is 0 Å². The lowest BCUT2D eigenvalue weighted by Gasteiger charge is -2.01. The molecule has 2 N–H and O–H groups in total. The quantitative estimate of drug-likeness (QED) is 0.479. The first-order chi connectivity index (χ1) is 7.10. The average molecular weight is 230 g/mol. The Bertz CT molecular complexity index is 451. The van der Waals surface area contributed by atoms with Crippen molar-refractivity contribution < 1.29 is 8.78 Å². The minimum absolute atomic E-state index is 0.0270. The second-order valence-electron chi connectivity index (χ2n) is 2.60. The maximum absolute atomic E-state index is 13.1. The Morgan fingerprint density at radius 2 is 2.20 bits per heavy atom. The second kappa shape index (κ2) is 4.71. The molecule has 0 spiro atoms. The monoisotopic (exact) mass is 229 g/mol. The van der Waals surface area contributed by atoms with Crippen molar-refractivity contribution >= 4 is 23.1 Å². The van der Waals surface area contributed by atoms with Gasteiger partial charge in [0.25, 0.3) is 0 Å². The average Bonchev–Trinajstić information content (AvgIpc) is 2.24. The highest BCUT2D eigenvalue weighted by Crippen LogP contribution is 2.23. The molecule has 0 heterocycles. The van der Waals surface area contributed by atoms with Crippen molar-refractivity contribution in [3.63, 3.8) is 0 Å². The van der Waals surface area contributed by atoms with E-state index in [4.69, 9.17) is 22.6 Å². The zero-order valence-corrected chi connectivity index (χ0v) is 8.22. The Hall–Kier alpha value is -1.67. The van der Waals surface area contributed by atoms with Gasteiger partial charge in [-0.25, -0.2) is 13.8 Å². The van der Waals surface area contributed by atoms with Crippen LogP contribution in [0.25, 0.3) is 0 Å². The summed E-state index contributed by atoms with van der Waals surface area (Å²) in [4.78, 5) is 3.68. The molecular formula is C9H6ClF2N3. The normalized spacial score (nSPS) is 11.2. The summed E-state index contributed by atoms with van der Waals surface area (Å²) in [5, 5.41) is 8.61. The highest BCUT2D eigenvalue weighted by Gasteiger charge is 2.12. The van der Waals surface area contributed by atoms with Crippen molar-refractivity contribution in [1.82, 2.24) is 0 Å². The molecule has 0 bridgehead atoms. The van der Waals surface area contributed by atoms with Crippen molar-refractivity contribution in [1.29, 1.82) is 5.26 Å². The number of hydrogen-bond acceptors (Lipinski definition) is 2. The smallest absolute Gasteiger partial charge is 0.178 e. The lowest BCUT2D eigenvalue weighted by Crippen LogP contribution is -2.12. The van der Waals surface area contributed by atoms with E-state index >= 15 is 0 Å². The maximum Gasteiger partial charge on any atom is 0.178 e. The van der Waals surface area contributed by atoms with Gasteiger partial charge in [-0.3, -0.25) is 0 Å². The highest BCUT2D eigenvalue weighted by molar-refractivity contribution is 6.28. The summed E-state index contributed by atoms with van der Waals surface area (Å²) < 4.78 is 25.8. The van der Waals surface area contributed by atoms with Crippen LogP contribution in [0, 0.1) is 23.0 Å². The molecular weight excluding hydrogens is 224 g/mol. The molecule has 15 heavy (non-hydrogen) atoms. The van der Waals surface area contributed by atoms with Gasteiger partial charge in [-0.15, -0.1) is 11.6 Å². The number of benzene rings is 1. The number of halogens is 3. The summed E-state index contributed by atoms with van der Waals surface area (Å²) in [5.74, 6) is -2.36. The zero-order valence-electron chi connectivity index (χ0n) is 7.47. The molecule has 1 aromatic carbocycles. The van der Waals surface area contributed by atoms with Crippen molar-refractivity contribution in [2.24, 2.45) is 10.7 Å². The molecule has 1 aromatic rings. The summed E-state index contributed by atoms with van der Waals surface area (Å²) in [6, 6.07) is 3.55. The van der Waals surface area contributed by atoms with Gasteiger partial charge in [0.2, 0.25) is 0 Å². The van der Waals surface area contributed by atoms with Crippen LogP contribution in [0.1, 0.15) is 5.56 Å². The predicted octanol–water partition coefficient (Wildman–Crippen LogP) is 2.06. The number of aliphatic imine (C=N–C) groups is 1. The van der Waals surface area contributed by atoms with Crippen LogP contribution in [0.5, 0.6) is 0 Å². The fraction of sp³-hybridized carbons (Fsp3) is 0.111. The van der Waals surface area contributed by atoms with Crippen LogP contribution in [0.2, 0.25) is 0 Å². The van der Waals surface area contributed by atoms with Crippen LogP contribution in [-0.2, 0) is 0 Å². The molecule has 0 saturated heterocycles. The summed E-state index contributed by atoms with van der Waals surface area (Å²) in [7, 11) is 0. The van der Waals surface area contributed by atoms with Crippen LogP contribution in [-0.4, -0.2) is 11.7 Å². The molecule has 6 heteroatoms. The number of nitrogens with two attached hydrogens (primary N) is 1. The van der Waals surface area contributed by atoms with Gasteiger partial charge in [-0.05, 0) is 12.1 Å². The molecule has 0 fully saturated rings. The maximum atomic E-state index is 13.1. The number of hydrogen-bond donors (Lipinski definition) is 1. The highest BCUT2D eigenvalue weighted by atomic mass is 35.5. The molecule has 0 radical (unpaired) electrons. The number of nitriles is 1. The lowest BCUT2D eigenvalue weighted by molar-refractivity contribution is 0.506. The largest absolute Gasteiger partial charge is 0.386 e. The SMILES string of the molecule is N#Cc1c(N=C(N)CCl)ccc(F)c1F. The van der Waals surface area contributed by atoms with Gasteiger partial charge < -0.3 is 5.73 Å². The lowest BCUT2D eigenvalue weighted by atomic mass is 10.2. The zero-order chi connectivity index (χ0) is 11.4. The van der Waals surface area contributed by atoms with Crippen LogP contribution in [0.15, 0.2) is 17.1 Å². The van der Waals surface area contributed by atoms with E-state index in [0.29, 0.717) is 0 Å². The van der Waals surface area contributed by atoms with E-state index in [0.717, 1.165) is 12.1 Å². The Morgan fingerprint density at radius 1 is 1.53 bits per heavy atom.